The summed E-state index contributed by atoms with van der Waals surface area (Å²) in [4.78, 5) is 0. The van der Waals surface area contributed by atoms with Gasteiger partial charge in [0.05, 0.1) is 0 Å². The van der Waals surface area contributed by atoms with Crippen LogP contribution in [0.2, 0.25) is 0 Å². The fourth-order valence-corrected chi connectivity index (χ4v) is 4.59. The Hall–Kier alpha value is 0.350. The van der Waals surface area contributed by atoms with Crippen molar-refractivity contribution in [3.63, 3.8) is 0 Å². The predicted octanol–water partition coefficient (Wildman–Crippen LogP) is 2.78. The van der Waals surface area contributed by atoms with Crippen LogP contribution in [0.3, 0.4) is 0 Å². The zero-order valence-electron chi connectivity index (χ0n) is 7.82. The third-order valence-corrected chi connectivity index (χ3v) is 5.23. The quantitative estimate of drug-likeness (QED) is 0.634. The highest BCUT2D eigenvalue weighted by molar-refractivity contribution is 7.48. The van der Waals surface area contributed by atoms with E-state index in [9.17, 15) is 0 Å². The molecule has 0 saturated heterocycles. The maximum atomic E-state index is 5.38. The molecule has 2 nitrogen and oxygen atoms in total. The molecule has 0 spiro atoms. The Morgan fingerprint density at radius 1 is 1.08 bits per heavy atom. The van der Waals surface area contributed by atoms with Gasteiger partial charge in [-0.15, -0.1) is 0 Å². The molecule has 0 aromatic rings. The van der Waals surface area contributed by atoms with Crippen LogP contribution in [-0.2, 0) is 9.05 Å². The summed E-state index contributed by atoms with van der Waals surface area (Å²) in [6, 6.07) is 0. The fourth-order valence-electron chi connectivity index (χ4n) is 2.81. The van der Waals surface area contributed by atoms with Crippen molar-refractivity contribution in [1.82, 2.24) is 0 Å². The lowest BCUT2D eigenvalue weighted by atomic mass is 10.0. The molecular weight excluding hydrogens is 171 g/mol. The summed E-state index contributed by atoms with van der Waals surface area (Å²) in [5.74, 6) is 1.91. The largest absolute Gasteiger partial charge is 0.337 e. The molecule has 12 heavy (non-hydrogen) atoms. The van der Waals surface area contributed by atoms with Crippen LogP contribution in [0.1, 0.15) is 25.7 Å². The van der Waals surface area contributed by atoms with Crippen LogP contribution in [-0.4, -0.2) is 19.9 Å². The molecule has 0 heterocycles. The van der Waals surface area contributed by atoms with Gasteiger partial charge >= 0.3 is 0 Å². The van der Waals surface area contributed by atoms with Crippen molar-refractivity contribution in [1.29, 1.82) is 0 Å². The first kappa shape index (κ1) is 8.93. The normalized spacial score (nSPS) is 39.8. The van der Waals surface area contributed by atoms with Gasteiger partial charge in [0.25, 0.3) is 0 Å². The molecule has 0 unspecified atom stereocenters. The number of fused-ring (bicyclic) bond motifs is 2. The maximum Gasteiger partial charge on any atom is 0.173 e. The number of rotatable bonds is 3. The average molecular weight is 188 g/mol. The van der Waals surface area contributed by atoms with E-state index in [1.54, 1.807) is 14.2 Å². The molecule has 2 fully saturated rings. The molecule has 2 aliphatic rings. The van der Waals surface area contributed by atoms with Crippen molar-refractivity contribution in [3.8, 4) is 0 Å². The third kappa shape index (κ3) is 1.41. The molecule has 0 amide bonds. The van der Waals surface area contributed by atoms with Gasteiger partial charge < -0.3 is 9.05 Å². The first-order valence-corrected chi connectivity index (χ1v) is 5.97. The Morgan fingerprint density at radius 3 is 2.25 bits per heavy atom. The van der Waals surface area contributed by atoms with Crippen molar-refractivity contribution in [2.24, 2.45) is 11.8 Å². The molecule has 0 aromatic heterocycles. The Morgan fingerprint density at radius 2 is 1.83 bits per heavy atom. The average Bonchev–Trinajstić information content (AvgIpc) is 2.67. The third-order valence-electron chi connectivity index (χ3n) is 3.33. The van der Waals surface area contributed by atoms with E-state index in [2.05, 4.69) is 0 Å². The summed E-state index contributed by atoms with van der Waals surface area (Å²) in [6.07, 6.45) is 5.67. The van der Waals surface area contributed by atoms with Gasteiger partial charge in [-0.1, -0.05) is 6.42 Å². The van der Waals surface area contributed by atoms with Crippen molar-refractivity contribution in [2.45, 2.75) is 31.3 Å². The van der Waals surface area contributed by atoms with Crippen LogP contribution in [0.4, 0.5) is 0 Å². The summed E-state index contributed by atoms with van der Waals surface area (Å²) in [5.41, 5.74) is 0.744. The molecule has 0 aliphatic heterocycles. The SMILES string of the molecule is COP(OC)[C@@H]1C[C@H]2CC[C@@H]1C2. The molecule has 70 valence electrons. The van der Waals surface area contributed by atoms with Gasteiger partial charge in [-0.25, -0.2) is 0 Å². The van der Waals surface area contributed by atoms with Crippen molar-refractivity contribution < 1.29 is 9.05 Å². The first-order chi connectivity index (χ1) is 5.85. The van der Waals surface area contributed by atoms with E-state index in [0.717, 1.165) is 17.5 Å². The minimum absolute atomic E-state index is 0.572. The maximum absolute atomic E-state index is 5.38. The van der Waals surface area contributed by atoms with Crippen LogP contribution in [0.25, 0.3) is 0 Å². The van der Waals surface area contributed by atoms with Gasteiger partial charge in [-0.2, -0.15) is 0 Å². The number of hydrogen-bond acceptors (Lipinski definition) is 2. The zero-order chi connectivity index (χ0) is 8.55. The molecular formula is C9H17O2P. The smallest absolute Gasteiger partial charge is 0.173 e. The van der Waals surface area contributed by atoms with Gasteiger partial charge in [-0.3, -0.25) is 0 Å². The first-order valence-electron chi connectivity index (χ1n) is 4.72. The minimum Gasteiger partial charge on any atom is -0.337 e. The second-order valence-corrected chi connectivity index (χ2v) is 5.86. The van der Waals surface area contributed by atoms with Gasteiger partial charge in [0, 0.05) is 19.9 Å². The Kier molecular flexibility index (Phi) is 2.69. The second kappa shape index (κ2) is 3.61. The molecule has 2 saturated carbocycles. The van der Waals surface area contributed by atoms with Gasteiger partial charge in [0.2, 0.25) is 0 Å². The van der Waals surface area contributed by atoms with E-state index in [-0.39, 0.29) is 0 Å². The van der Waals surface area contributed by atoms with Gasteiger partial charge in [-0.05, 0) is 31.1 Å². The summed E-state index contributed by atoms with van der Waals surface area (Å²) < 4.78 is 10.8. The summed E-state index contributed by atoms with van der Waals surface area (Å²) in [6.45, 7) is 0. The summed E-state index contributed by atoms with van der Waals surface area (Å²) in [7, 11) is 2.99. The van der Waals surface area contributed by atoms with Gasteiger partial charge in [0.1, 0.15) is 0 Å². The summed E-state index contributed by atoms with van der Waals surface area (Å²) >= 11 is 0. The molecule has 2 aliphatic carbocycles. The van der Waals surface area contributed by atoms with Crippen LogP contribution in [0.5, 0.6) is 0 Å². The van der Waals surface area contributed by atoms with E-state index in [1.807, 2.05) is 0 Å². The van der Waals surface area contributed by atoms with Gasteiger partial charge in [0.15, 0.2) is 8.38 Å². The van der Waals surface area contributed by atoms with E-state index in [1.165, 1.54) is 25.7 Å². The fraction of sp³-hybridized carbons (Fsp3) is 1.00. The highest BCUT2D eigenvalue weighted by Gasteiger charge is 2.44. The molecule has 2 rings (SSSR count). The summed E-state index contributed by atoms with van der Waals surface area (Å²) in [5, 5.41) is 0. The Bertz CT molecular complexity index is 159. The zero-order valence-corrected chi connectivity index (χ0v) is 8.72. The minimum atomic E-state index is -0.572. The molecule has 0 N–H and O–H groups in total. The van der Waals surface area contributed by atoms with Crippen LogP contribution >= 0.6 is 8.38 Å². The highest BCUT2D eigenvalue weighted by Crippen LogP contribution is 2.58. The Labute approximate surface area is 75.5 Å². The lowest BCUT2D eigenvalue weighted by Crippen LogP contribution is -2.15. The topological polar surface area (TPSA) is 18.5 Å². The van der Waals surface area contributed by atoms with Crippen LogP contribution in [0, 0.1) is 11.8 Å². The second-order valence-electron chi connectivity index (χ2n) is 3.89. The molecule has 3 heteroatoms. The standard InChI is InChI=1S/C9H17O2P/c1-10-12(11-2)9-6-7-3-4-8(9)5-7/h7-9H,3-6H2,1-2H3/t7-,8+,9+/m0/s1. The van der Waals surface area contributed by atoms with Crippen molar-refractivity contribution in [2.75, 3.05) is 14.2 Å². The molecule has 0 aromatic carbocycles. The van der Waals surface area contributed by atoms with E-state index < -0.39 is 8.38 Å². The number of hydrogen-bond donors (Lipinski definition) is 0. The van der Waals surface area contributed by atoms with Crippen LogP contribution < -0.4 is 0 Å². The highest BCUT2D eigenvalue weighted by atomic mass is 31.2. The Balaban J connectivity index is 1.96. The van der Waals surface area contributed by atoms with E-state index in [0.29, 0.717) is 0 Å². The molecule has 3 atom stereocenters. The molecule has 0 radical (unpaired) electrons. The lowest BCUT2D eigenvalue weighted by Gasteiger charge is -2.26. The van der Waals surface area contributed by atoms with Crippen molar-refractivity contribution >= 4 is 8.38 Å². The predicted molar refractivity (Wildman–Crippen MR) is 50.2 cm³/mol. The molecule has 2 bridgehead atoms. The van der Waals surface area contributed by atoms with E-state index >= 15 is 0 Å². The lowest BCUT2D eigenvalue weighted by molar-refractivity contribution is 0.313. The van der Waals surface area contributed by atoms with E-state index in [4.69, 9.17) is 9.05 Å². The monoisotopic (exact) mass is 188 g/mol. The van der Waals surface area contributed by atoms with Crippen LogP contribution in [0.15, 0.2) is 0 Å². The van der Waals surface area contributed by atoms with Crippen molar-refractivity contribution in [3.05, 3.63) is 0 Å².